The van der Waals surface area contributed by atoms with Gasteiger partial charge in [0, 0.05) is 11.4 Å². The third kappa shape index (κ3) is 4.06. The molecule has 146 valence electrons. The summed E-state index contributed by atoms with van der Waals surface area (Å²) in [5.41, 5.74) is 1.00. The summed E-state index contributed by atoms with van der Waals surface area (Å²) < 4.78 is 7.05. The second-order valence-electron chi connectivity index (χ2n) is 6.24. The third-order valence-corrected chi connectivity index (χ3v) is 5.58. The molecule has 0 aliphatic heterocycles. The summed E-state index contributed by atoms with van der Waals surface area (Å²) in [6, 6.07) is 14.6. The van der Waals surface area contributed by atoms with E-state index in [-0.39, 0.29) is 22.6 Å². The van der Waals surface area contributed by atoms with E-state index in [9.17, 15) is 9.59 Å². The molecule has 0 amide bonds. The van der Waals surface area contributed by atoms with Gasteiger partial charge in [-0.1, -0.05) is 53.3 Å². The fourth-order valence-electron chi connectivity index (χ4n) is 2.85. The minimum atomic E-state index is -0.459. The van der Waals surface area contributed by atoms with E-state index in [1.165, 1.54) is 4.52 Å². The van der Waals surface area contributed by atoms with Crippen LogP contribution in [-0.2, 0) is 6.42 Å². The Morgan fingerprint density at radius 1 is 1.14 bits per heavy atom. The number of thiazole rings is 1. The Morgan fingerprint density at radius 2 is 1.90 bits per heavy atom. The monoisotopic (exact) mass is 425 g/mol. The molecule has 2 heterocycles. The van der Waals surface area contributed by atoms with E-state index in [0.717, 1.165) is 28.2 Å². The lowest BCUT2D eigenvalue weighted by Crippen LogP contribution is -2.28. The number of nitrogens with zero attached hydrogens (tertiary/aromatic N) is 3. The van der Waals surface area contributed by atoms with Gasteiger partial charge in [-0.3, -0.25) is 9.59 Å². The smallest absolute Gasteiger partial charge is 0.296 e. The predicted octanol–water partition coefficient (Wildman–Crippen LogP) is 2.70. The Hall–Kier alpha value is -3.03. The summed E-state index contributed by atoms with van der Waals surface area (Å²) in [4.78, 5) is 29.5. The quantitative estimate of drug-likeness (QED) is 0.491. The Balaban J connectivity index is 1.75. The van der Waals surface area contributed by atoms with Gasteiger partial charge < -0.3 is 4.74 Å². The second kappa shape index (κ2) is 8.14. The predicted molar refractivity (Wildman–Crippen MR) is 114 cm³/mol. The van der Waals surface area contributed by atoms with Crippen LogP contribution in [0.2, 0.25) is 5.02 Å². The van der Waals surface area contributed by atoms with E-state index >= 15 is 0 Å². The molecule has 0 atom stereocenters. The first-order valence-corrected chi connectivity index (χ1v) is 10.2. The van der Waals surface area contributed by atoms with Crippen LogP contribution in [0.25, 0.3) is 11.0 Å². The highest BCUT2D eigenvalue weighted by atomic mass is 35.5. The number of halogens is 1. The highest BCUT2D eigenvalue weighted by Gasteiger charge is 2.12. The van der Waals surface area contributed by atoms with Gasteiger partial charge in [-0.2, -0.15) is 14.6 Å². The molecule has 2 aromatic heterocycles. The Bertz CT molecular complexity index is 1350. The minimum Gasteiger partial charge on any atom is -0.494 e. The van der Waals surface area contributed by atoms with Crippen molar-refractivity contribution in [2.45, 2.75) is 13.3 Å². The summed E-state index contributed by atoms with van der Waals surface area (Å²) >= 11 is 7.30. The van der Waals surface area contributed by atoms with Crippen LogP contribution >= 0.6 is 22.9 Å². The molecule has 0 bridgehead atoms. The molecule has 2 aromatic carbocycles. The summed E-state index contributed by atoms with van der Waals surface area (Å²) in [6.45, 7) is 2.51. The second-order valence-corrected chi connectivity index (χ2v) is 7.66. The van der Waals surface area contributed by atoms with E-state index in [0.29, 0.717) is 16.2 Å². The first-order chi connectivity index (χ1) is 14.0. The Morgan fingerprint density at radius 3 is 2.62 bits per heavy atom. The lowest BCUT2D eigenvalue weighted by Gasteiger charge is -2.02. The lowest BCUT2D eigenvalue weighted by molar-refractivity contribution is 0.340. The number of ether oxygens (including phenoxy) is 1. The first-order valence-electron chi connectivity index (χ1n) is 8.96. The van der Waals surface area contributed by atoms with E-state index < -0.39 is 5.56 Å². The van der Waals surface area contributed by atoms with E-state index in [1.807, 2.05) is 49.4 Å². The summed E-state index contributed by atoms with van der Waals surface area (Å²) in [6.07, 6.45) is 1.96. The molecule has 4 rings (SSSR count). The zero-order valence-electron chi connectivity index (χ0n) is 15.5. The molecule has 0 saturated carbocycles. The normalized spacial score (nSPS) is 11.9. The van der Waals surface area contributed by atoms with Gasteiger partial charge in [0.05, 0.1) is 11.1 Å². The molecule has 6 nitrogen and oxygen atoms in total. The fourth-order valence-corrected chi connectivity index (χ4v) is 3.96. The van der Waals surface area contributed by atoms with Gasteiger partial charge in [-0.05, 0) is 42.3 Å². The summed E-state index contributed by atoms with van der Waals surface area (Å²) in [5.74, 6) is 0.765. The zero-order valence-corrected chi connectivity index (χ0v) is 17.0. The van der Waals surface area contributed by atoms with Gasteiger partial charge in [0.1, 0.15) is 11.4 Å². The molecule has 0 N–H and O–H groups in total. The SMILES string of the molecule is CCOc1ccc(/C=c2/sc3nc(=O)c(Cc4ccccc4Cl)nn3c2=O)cc1. The molecule has 0 radical (unpaired) electrons. The fraction of sp³-hybridized carbons (Fsp3) is 0.143. The number of hydrogen-bond acceptors (Lipinski definition) is 6. The number of hydrogen-bond donors (Lipinski definition) is 0. The first kappa shape index (κ1) is 19.3. The van der Waals surface area contributed by atoms with Crippen LogP contribution in [0.4, 0.5) is 0 Å². The van der Waals surface area contributed by atoms with Crippen molar-refractivity contribution in [3.05, 3.63) is 95.6 Å². The molecule has 29 heavy (non-hydrogen) atoms. The Labute approximate surface area is 174 Å². The van der Waals surface area contributed by atoms with Crippen molar-refractivity contribution in [3.8, 4) is 5.75 Å². The molecule has 0 unspecified atom stereocenters. The van der Waals surface area contributed by atoms with Crippen LogP contribution in [0.1, 0.15) is 23.7 Å². The molecule has 0 saturated heterocycles. The molecule has 4 aromatic rings. The molecular formula is C21H16ClN3O3S. The number of rotatable bonds is 5. The number of benzene rings is 2. The van der Waals surface area contributed by atoms with Gasteiger partial charge in [0.15, 0.2) is 0 Å². The molecule has 0 aliphatic carbocycles. The lowest BCUT2D eigenvalue weighted by atomic mass is 10.1. The molecule has 0 aliphatic rings. The maximum atomic E-state index is 12.8. The molecule has 0 fully saturated rings. The standard InChI is InChI=1S/C21H16ClN3O3S/c1-2-28-15-9-7-13(8-10-15)11-18-20(27)25-21(29-18)23-19(26)17(24-25)12-14-5-3-4-6-16(14)22/h3-11H,2,12H2,1H3/b18-11+. The summed E-state index contributed by atoms with van der Waals surface area (Å²) in [5, 5.41) is 4.79. The average Bonchev–Trinajstić information content (AvgIpc) is 3.00. The van der Waals surface area contributed by atoms with Crippen molar-refractivity contribution >= 4 is 34.0 Å². The van der Waals surface area contributed by atoms with Gasteiger partial charge in [0.25, 0.3) is 11.1 Å². The largest absolute Gasteiger partial charge is 0.494 e. The maximum absolute atomic E-state index is 12.8. The van der Waals surface area contributed by atoms with Gasteiger partial charge >= 0.3 is 0 Å². The summed E-state index contributed by atoms with van der Waals surface area (Å²) in [7, 11) is 0. The van der Waals surface area contributed by atoms with Gasteiger partial charge in [-0.15, -0.1) is 0 Å². The molecular weight excluding hydrogens is 410 g/mol. The van der Waals surface area contributed by atoms with Crippen molar-refractivity contribution in [3.63, 3.8) is 0 Å². The van der Waals surface area contributed by atoms with Crippen molar-refractivity contribution < 1.29 is 4.74 Å². The van der Waals surface area contributed by atoms with E-state index in [4.69, 9.17) is 16.3 Å². The van der Waals surface area contributed by atoms with Crippen LogP contribution < -0.4 is 20.4 Å². The van der Waals surface area contributed by atoms with Crippen molar-refractivity contribution in [2.75, 3.05) is 6.61 Å². The molecule has 0 spiro atoms. The van der Waals surface area contributed by atoms with Crippen LogP contribution in [0, 0.1) is 0 Å². The highest BCUT2D eigenvalue weighted by Crippen LogP contribution is 2.17. The third-order valence-electron chi connectivity index (χ3n) is 4.25. The molecule has 8 heteroatoms. The van der Waals surface area contributed by atoms with Crippen LogP contribution in [0.5, 0.6) is 5.75 Å². The van der Waals surface area contributed by atoms with E-state index in [2.05, 4.69) is 10.1 Å². The number of aromatic nitrogens is 3. The topological polar surface area (TPSA) is 73.6 Å². The minimum absolute atomic E-state index is 0.179. The van der Waals surface area contributed by atoms with Crippen LogP contribution in [0.15, 0.2) is 58.1 Å². The van der Waals surface area contributed by atoms with Crippen LogP contribution in [-0.4, -0.2) is 21.2 Å². The van der Waals surface area contributed by atoms with Crippen molar-refractivity contribution in [2.24, 2.45) is 0 Å². The highest BCUT2D eigenvalue weighted by molar-refractivity contribution is 7.15. The zero-order chi connectivity index (χ0) is 20.4. The van der Waals surface area contributed by atoms with Gasteiger partial charge in [0.2, 0.25) is 4.96 Å². The van der Waals surface area contributed by atoms with Crippen molar-refractivity contribution in [1.29, 1.82) is 0 Å². The average molecular weight is 426 g/mol. The number of fused-ring (bicyclic) bond motifs is 1. The van der Waals surface area contributed by atoms with Crippen LogP contribution in [0.3, 0.4) is 0 Å². The van der Waals surface area contributed by atoms with Gasteiger partial charge in [-0.25, -0.2) is 0 Å². The maximum Gasteiger partial charge on any atom is 0.296 e. The Kier molecular flexibility index (Phi) is 5.42. The van der Waals surface area contributed by atoms with E-state index in [1.54, 1.807) is 12.1 Å². The van der Waals surface area contributed by atoms with Crippen molar-refractivity contribution in [1.82, 2.24) is 14.6 Å².